The van der Waals surface area contributed by atoms with Gasteiger partial charge in [0.2, 0.25) is 0 Å². The SMILES string of the molecule is c1csc(-c2cnc(CC3CCCNC3)[nH]2)c1. The normalized spacial score (nSPS) is 20.6. The van der Waals surface area contributed by atoms with Crippen LogP contribution < -0.4 is 5.32 Å². The Kier molecular flexibility index (Phi) is 3.25. The van der Waals surface area contributed by atoms with Gasteiger partial charge in [0.15, 0.2) is 0 Å². The summed E-state index contributed by atoms with van der Waals surface area (Å²) in [7, 11) is 0. The Hall–Kier alpha value is -1.13. The Morgan fingerprint density at radius 1 is 1.47 bits per heavy atom. The Morgan fingerprint density at radius 3 is 3.24 bits per heavy atom. The molecule has 1 fully saturated rings. The van der Waals surface area contributed by atoms with E-state index in [0.29, 0.717) is 0 Å². The monoisotopic (exact) mass is 247 g/mol. The summed E-state index contributed by atoms with van der Waals surface area (Å²) in [5.74, 6) is 1.87. The standard InChI is InChI=1S/C13H17N3S/c1-3-10(8-14-5-1)7-13-15-9-11(16-13)12-4-2-6-17-12/h2,4,6,9-10,14H,1,3,5,7-8H2,(H,15,16). The highest BCUT2D eigenvalue weighted by Gasteiger charge is 2.15. The number of thiophene rings is 1. The maximum Gasteiger partial charge on any atom is 0.106 e. The second kappa shape index (κ2) is 5.02. The molecule has 1 saturated heterocycles. The van der Waals surface area contributed by atoms with Crippen molar-refractivity contribution in [1.29, 1.82) is 0 Å². The maximum absolute atomic E-state index is 4.49. The van der Waals surface area contributed by atoms with Gasteiger partial charge in [-0.15, -0.1) is 11.3 Å². The van der Waals surface area contributed by atoms with Crippen LogP contribution in [0.5, 0.6) is 0 Å². The second-order valence-corrected chi connectivity index (χ2v) is 5.59. The average molecular weight is 247 g/mol. The fourth-order valence-electron chi connectivity index (χ4n) is 2.39. The van der Waals surface area contributed by atoms with E-state index >= 15 is 0 Å². The first-order valence-electron chi connectivity index (χ1n) is 6.20. The zero-order valence-corrected chi connectivity index (χ0v) is 10.6. The molecule has 0 aromatic carbocycles. The summed E-state index contributed by atoms with van der Waals surface area (Å²) >= 11 is 1.75. The quantitative estimate of drug-likeness (QED) is 0.875. The van der Waals surface area contributed by atoms with Gasteiger partial charge in [-0.2, -0.15) is 0 Å². The van der Waals surface area contributed by atoms with Gasteiger partial charge < -0.3 is 10.3 Å². The van der Waals surface area contributed by atoms with Gasteiger partial charge in [-0.25, -0.2) is 4.98 Å². The van der Waals surface area contributed by atoms with E-state index in [0.717, 1.165) is 30.4 Å². The predicted molar refractivity (Wildman–Crippen MR) is 71.2 cm³/mol. The molecule has 3 rings (SSSR count). The number of aromatic nitrogens is 2. The van der Waals surface area contributed by atoms with Crippen molar-refractivity contribution in [3.63, 3.8) is 0 Å². The van der Waals surface area contributed by atoms with Crippen LogP contribution in [0, 0.1) is 5.92 Å². The number of aromatic amines is 1. The lowest BCUT2D eigenvalue weighted by Gasteiger charge is -2.21. The van der Waals surface area contributed by atoms with Crippen molar-refractivity contribution < 1.29 is 0 Å². The molecule has 3 heterocycles. The molecule has 2 aromatic heterocycles. The van der Waals surface area contributed by atoms with Crippen molar-refractivity contribution in [2.45, 2.75) is 19.3 Å². The molecule has 0 bridgehead atoms. The third kappa shape index (κ3) is 2.58. The van der Waals surface area contributed by atoms with Crippen LogP contribution in [-0.2, 0) is 6.42 Å². The third-order valence-electron chi connectivity index (χ3n) is 3.30. The minimum Gasteiger partial charge on any atom is -0.341 e. The molecule has 0 saturated carbocycles. The van der Waals surface area contributed by atoms with Gasteiger partial charge in [0.25, 0.3) is 0 Å². The van der Waals surface area contributed by atoms with E-state index in [1.807, 2.05) is 6.20 Å². The molecule has 2 aromatic rings. The molecule has 3 nitrogen and oxygen atoms in total. The van der Waals surface area contributed by atoms with Crippen molar-refractivity contribution >= 4 is 11.3 Å². The highest BCUT2D eigenvalue weighted by molar-refractivity contribution is 7.13. The number of nitrogens with zero attached hydrogens (tertiary/aromatic N) is 1. The molecule has 1 unspecified atom stereocenters. The lowest BCUT2D eigenvalue weighted by atomic mass is 9.96. The molecule has 2 N–H and O–H groups in total. The summed E-state index contributed by atoms with van der Waals surface area (Å²) in [4.78, 5) is 9.19. The Morgan fingerprint density at radius 2 is 2.47 bits per heavy atom. The van der Waals surface area contributed by atoms with Gasteiger partial charge >= 0.3 is 0 Å². The minimum atomic E-state index is 0.742. The van der Waals surface area contributed by atoms with Crippen LogP contribution >= 0.6 is 11.3 Å². The number of piperidine rings is 1. The van der Waals surface area contributed by atoms with E-state index in [1.165, 1.54) is 24.3 Å². The first kappa shape index (κ1) is 11.0. The van der Waals surface area contributed by atoms with Gasteiger partial charge in [0, 0.05) is 6.42 Å². The molecule has 1 aliphatic heterocycles. The van der Waals surface area contributed by atoms with Gasteiger partial charge in [-0.05, 0) is 43.3 Å². The average Bonchev–Trinajstić information content (AvgIpc) is 3.00. The van der Waals surface area contributed by atoms with Crippen LogP contribution in [0.1, 0.15) is 18.7 Å². The van der Waals surface area contributed by atoms with Crippen LogP contribution in [-0.4, -0.2) is 23.1 Å². The van der Waals surface area contributed by atoms with E-state index in [2.05, 4.69) is 32.8 Å². The van der Waals surface area contributed by atoms with Gasteiger partial charge in [-0.3, -0.25) is 0 Å². The molecule has 4 heteroatoms. The Bertz CT molecular complexity index is 455. The van der Waals surface area contributed by atoms with Crippen LogP contribution in [0.25, 0.3) is 10.6 Å². The number of H-pyrrole nitrogens is 1. The molecular formula is C13H17N3S. The van der Waals surface area contributed by atoms with E-state index in [9.17, 15) is 0 Å². The van der Waals surface area contributed by atoms with E-state index in [4.69, 9.17) is 0 Å². The number of imidazole rings is 1. The first-order valence-corrected chi connectivity index (χ1v) is 7.08. The van der Waals surface area contributed by atoms with Crippen LogP contribution in [0.3, 0.4) is 0 Å². The number of hydrogen-bond donors (Lipinski definition) is 2. The maximum atomic E-state index is 4.49. The summed E-state index contributed by atoms with van der Waals surface area (Å²) in [6, 6.07) is 4.20. The smallest absolute Gasteiger partial charge is 0.106 e. The highest BCUT2D eigenvalue weighted by Crippen LogP contribution is 2.23. The summed E-state index contributed by atoms with van der Waals surface area (Å²) in [6.07, 6.45) is 5.64. The number of rotatable bonds is 3. The molecular weight excluding hydrogens is 230 g/mol. The minimum absolute atomic E-state index is 0.742. The van der Waals surface area contributed by atoms with Gasteiger partial charge in [0.1, 0.15) is 5.82 Å². The Balaban J connectivity index is 1.68. The molecule has 0 amide bonds. The Labute approximate surface area is 105 Å². The second-order valence-electron chi connectivity index (χ2n) is 4.64. The summed E-state index contributed by atoms with van der Waals surface area (Å²) in [5.41, 5.74) is 1.15. The largest absolute Gasteiger partial charge is 0.341 e. The summed E-state index contributed by atoms with van der Waals surface area (Å²) < 4.78 is 0. The lowest BCUT2D eigenvalue weighted by Crippen LogP contribution is -2.31. The fraction of sp³-hybridized carbons (Fsp3) is 0.462. The molecule has 17 heavy (non-hydrogen) atoms. The number of nitrogens with one attached hydrogen (secondary N) is 2. The summed E-state index contributed by atoms with van der Waals surface area (Å²) in [5, 5.41) is 5.55. The van der Waals surface area contributed by atoms with Gasteiger partial charge in [0.05, 0.1) is 16.8 Å². The molecule has 90 valence electrons. The topological polar surface area (TPSA) is 40.7 Å². The van der Waals surface area contributed by atoms with E-state index in [-0.39, 0.29) is 0 Å². The van der Waals surface area contributed by atoms with Gasteiger partial charge in [-0.1, -0.05) is 6.07 Å². The highest BCUT2D eigenvalue weighted by atomic mass is 32.1. The van der Waals surface area contributed by atoms with Crippen molar-refractivity contribution in [3.05, 3.63) is 29.5 Å². The molecule has 1 aliphatic rings. The van der Waals surface area contributed by atoms with Crippen molar-refractivity contribution in [2.24, 2.45) is 5.92 Å². The molecule has 0 aliphatic carbocycles. The summed E-state index contributed by atoms with van der Waals surface area (Å²) in [6.45, 7) is 2.31. The molecule has 1 atom stereocenters. The van der Waals surface area contributed by atoms with Crippen LogP contribution in [0.2, 0.25) is 0 Å². The zero-order chi connectivity index (χ0) is 11.5. The van der Waals surface area contributed by atoms with Crippen molar-refractivity contribution in [1.82, 2.24) is 15.3 Å². The van der Waals surface area contributed by atoms with Crippen molar-refractivity contribution in [3.8, 4) is 10.6 Å². The molecule has 0 radical (unpaired) electrons. The third-order valence-corrected chi connectivity index (χ3v) is 4.20. The van der Waals surface area contributed by atoms with E-state index < -0.39 is 0 Å². The predicted octanol–water partition coefficient (Wildman–Crippen LogP) is 2.68. The fourth-order valence-corrected chi connectivity index (χ4v) is 3.09. The first-order chi connectivity index (χ1) is 8.42. The van der Waals surface area contributed by atoms with Crippen LogP contribution in [0.15, 0.2) is 23.7 Å². The lowest BCUT2D eigenvalue weighted by molar-refractivity contribution is 0.371. The van der Waals surface area contributed by atoms with Crippen LogP contribution in [0.4, 0.5) is 0 Å². The molecule has 0 spiro atoms. The van der Waals surface area contributed by atoms with E-state index in [1.54, 1.807) is 11.3 Å². The number of hydrogen-bond acceptors (Lipinski definition) is 3. The van der Waals surface area contributed by atoms with Crippen molar-refractivity contribution in [2.75, 3.05) is 13.1 Å². The zero-order valence-electron chi connectivity index (χ0n) is 9.78.